The van der Waals surface area contributed by atoms with E-state index in [-0.39, 0.29) is 0 Å². The van der Waals surface area contributed by atoms with Gasteiger partial charge in [0.15, 0.2) is 0 Å². The second-order valence-electron chi connectivity index (χ2n) is 3.10. The number of H-pyrrole nitrogens is 1. The van der Waals surface area contributed by atoms with Gasteiger partial charge < -0.3 is 10.6 Å². The van der Waals surface area contributed by atoms with Gasteiger partial charge in [-0.15, -0.1) is 10.2 Å². The minimum Gasteiger partial charge on any atom is -0.314 e. The molecule has 1 aliphatic heterocycles. The summed E-state index contributed by atoms with van der Waals surface area (Å²) in [4.78, 5) is 0. The second-order valence-corrected chi connectivity index (χ2v) is 3.10. The molecule has 1 aliphatic rings. The third-order valence-corrected chi connectivity index (χ3v) is 2.00. The van der Waals surface area contributed by atoms with Gasteiger partial charge in [-0.3, -0.25) is 5.10 Å². The maximum absolute atomic E-state index is 3.73. The van der Waals surface area contributed by atoms with Crippen molar-refractivity contribution in [2.75, 3.05) is 26.2 Å². The molecule has 7 heteroatoms. The molecule has 1 fully saturated rings. The summed E-state index contributed by atoms with van der Waals surface area (Å²) in [5, 5.41) is 23.5. The molecular formula is C8H13N7. The van der Waals surface area contributed by atoms with Crippen molar-refractivity contribution in [3.05, 3.63) is 12.4 Å². The molecular weight excluding hydrogens is 194 g/mol. The SMILES string of the molecule is C1CNCCN1.c1n[nH]c2cnnnc12. The topological polar surface area (TPSA) is 91.4 Å². The molecule has 2 aromatic heterocycles. The molecule has 0 bridgehead atoms. The quantitative estimate of drug-likeness (QED) is 0.509. The minimum atomic E-state index is 0.741. The van der Waals surface area contributed by atoms with Gasteiger partial charge in [0.25, 0.3) is 0 Å². The third kappa shape index (κ3) is 2.93. The molecule has 0 spiro atoms. The van der Waals surface area contributed by atoms with Crippen molar-refractivity contribution in [3.63, 3.8) is 0 Å². The summed E-state index contributed by atoms with van der Waals surface area (Å²) in [5.74, 6) is 0. The van der Waals surface area contributed by atoms with Gasteiger partial charge in [0.05, 0.1) is 12.4 Å². The van der Waals surface area contributed by atoms with Gasteiger partial charge >= 0.3 is 0 Å². The van der Waals surface area contributed by atoms with Crippen LogP contribution in [0.1, 0.15) is 0 Å². The summed E-state index contributed by atoms with van der Waals surface area (Å²) >= 11 is 0. The molecule has 0 saturated carbocycles. The summed E-state index contributed by atoms with van der Waals surface area (Å²) in [5.41, 5.74) is 1.55. The zero-order valence-corrected chi connectivity index (χ0v) is 8.27. The number of hydrogen-bond donors (Lipinski definition) is 3. The van der Waals surface area contributed by atoms with Gasteiger partial charge in [-0.25, -0.2) is 0 Å². The lowest BCUT2D eigenvalue weighted by Gasteiger charge is -2.11. The normalized spacial score (nSPS) is 15.7. The van der Waals surface area contributed by atoms with Crippen molar-refractivity contribution in [1.82, 2.24) is 36.2 Å². The zero-order chi connectivity index (χ0) is 10.3. The summed E-state index contributed by atoms with van der Waals surface area (Å²) in [6, 6.07) is 0. The fraction of sp³-hybridized carbons (Fsp3) is 0.500. The highest BCUT2D eigenvalue weighted by atomic mass is 15.3. The van der Waals surface area contributed by atoms with Crippen molar-refractivity contribution in [2.45, 2.75) is 0 Å². The van der Waals surface area contributed by atoms with Crippen molar-refractivity contribution in [3.8, 4) is 0 Å². The van der Waals surface area contributed by atoms with E-state index in [0.717, 1.165) is 37.2 Å². The smallest absolute Gasteiger partial charge is 0.134 e. The molecule has 2 aromatic rings. The lowest BCUT2D eigenvalue weighted by molar-refractivity contribution is 0.534. The summed E-state index contributed by atoms with van der Waals surface area (Å²) < 4.78 is 0. The first-order valence-electron chi connectivity index (χ1n) is 4.86. The number of fused-ring (bicyclic) bond motifs is 1. The van der Waals surface area contributed by atoms with Gasteiger partial charge in [-0.2, -0.15) is 5.10 Å². The summed E-state index contributed by atoms with van der Waals surface area (Å²) in [6.45, 7) is 4.56. The van der Waals surface area contributed by atoms with Gasteiger partial charge in [0, 0.05) is 26.2 Å². The van der Waals surface area contributed by atoms with Crippen LogP contribution in [-0.4, -0.2) is 51.8 Å². The Morgan fingerprint density at radius 3 is 2.33 bits per heavy atom. The summed E-state index contributed by atoms with van der Waals surface area (Å²) in [6.07, 6.45) is 3.18. The lowest BCUT2D eigenvalue weighted by Crippen LogP contribution is -2.39. The third-order valence-electron chi connectivity index (χ3n) is 2.00. The molecule has 1 saturated heterocycles. The molecule has 7 nitrogen and oxygen atoms in total. The van der Waals surface area contributed by atoms with Crippen LogP contribution in [0, 0.1) is 0 Å². The number of nitrogens with zero attached hydrogens (tertiary/aromatic N) is 4. The molecule has 80 valence electrons. The maximum atomic E-state index is 3.73. The molecule has 0 unspecified atom stereocenters. The largest absolute Gasteiger partial charge is 0.314 e. The van der Waals surface area contributed by atoms with E-state index in [0.29, 0.717) is 0 Å². The van der Waals surface area contributed by atoms with Gasteiger partial charge in [0.2, 0.25) is 0 Å². The molecule has 3 heterocycles. The number of rotatable bonds is 0. The van der Waals surface area contributed by atoms with E-state index in [1.54, 1.807) is 12.4 Å². The van der Waals surface area contributed by atoms with Crippen LogP contribution in [0.5, 0.6) is 0 Å². The van der Waals surface area contributed by atoms with E-state index in [4.69, 9.17) is 0 Å². The Balaban J connectivity index is 0.000000124. The average Bonchev–Trinajstić information content (AvgIpc) is 2.80. The van der Waals surface area contributed by atoms with Crippen molar-refractivity contribution in [2.24, 2.45) is 0 Å². The Kier molecular flexibility index (Phi) is 3.53. The highest BCUT2D eigenvalue weighted by molar-refractivity contribution is 5.70. The van der Waals surface area contributed by atoms with Crippen molar-refractivity contribution >= 4 is 11.0 Å². The fourth-order valence-electron chi connectivity index (χ4n) is 1.23. The Morgan fingerprint density at radius 2 is 1.73 bits per heavy atom. The number of aromatic amines is 1. The molecule has 3 N–H and O–H groups in total. The number of hydrogen-bond acceptors (Lipinski definition) is 6. The summed E-state index contributed by atoms with van der Waals surface area (Å²) in [7, 11) is 0. The first-order chi connectivity index (χ1) is 7.47. The van der Waals surface area contributed by atoms with E-state index < -0.39 is 0 Å². The van der Waals surface area contributed by atoms with E-state index in [1.807, 2.05) is 0 Å². The van der Waals surface area contributed by atoms with Gasteiger partial charge in [0.1, 0.15) is 11.0 Å². The number of nitrogens with one attached hydrogen (secondary N) is 3. The maximum Gasteiger partial charge on any atom is 0.134 e. The first kappa shape index (κ1) is 9.94. The van der Waals surface area contributed by atoms with Crippen LogP contribution in [0.4, 0.5) is 0 Å². The first-order valence-corrected chi connectivity index (χ1v) is 4.86. The molecule has 0 aliphatic carbocycles. The Labute approximate surface area is 86.7 Å². The molecule has 0 atom stereocenters. The highest BCUT2D eigenvalue weighted by Gasteiger charge is 1.92. The monoisotopic (exact) mass is 207 g/mol. The second kappa shape index (κ2) is 5.32. The molecule has 0 radical (unpaired) electrons. The predicted molar refractivity (Wildman–Crippen MR) is 55.2 cm³/mol. The number of piperazine rings is 1. The number of aromatic nitrogens is 5. The van der Waals surface area contributed by atoms with Crippen LogP contribution in [0.2, 0.25) is 0 Å². The molecule has 0 aromatic carbocycles. The van der Waals surface area contributed by atoms with Gasteiger partial charge in [-0.1, -0.05) is 0 Å². The highest BCUT2D eigenvalue weighted by Crippen LogP contribution is 1.99. The lowest BCUT2D eigenvalue weighted by atomic mass is 10.4. The zero-order valence-electron chi connectivity index (χ0n) is 8.27. The molecule has 0 amide bonds. The van der Waals surface area contributed by atoms with Gasteiger partial charge in [-0.05, 0) is 5.21 Å². The Hall–Kier alpha value is -1.60. The Morgan fingerprint density at radius 1 is 1.00 bits per heavy atom. The standard InChI is InChI=1S/C4H3N5.C4H10N2/c1-4-3(7-5-1)2-6-9-8-4;1-2-6-4-3-5-1/h1-2H,(H,5,7);5-6H,1-4H2. The van der Waals surface area contributed by atoms with Crippen LogP contribution in [-0.2, 0) is 0 Å². The van der Waals surface area contributed by atoms with Crippen LogP contribution < -0.4 is 10.6 Å². The van der Waals surface area contributed by atoms with Crippen LogP contribution >= 0.6 is 0 Å². The average molecular weight is 207 g/mol. The molecule has 15 heavy (non-hydrogen) atoms. The Bertz CT molecular complexity index is 353. The minimum absolute atomic E-state index is 0.741. The predicted octanol–water partition coefficient (Wildman–Crippen LogP) is -1.07. The van der Waals surface area contributed by atoms with Crippen LogP contribution in [0.3, 0.4) is 0 Å². The van der Waals surface area contributed by atoms with Crippen LogP contribution in [0.15, 0.2) is 12.4 Å². The van der Waals surface area contributed by atoms with E-state index in [2.05, 4.69) is 36.2 Å². The van der Waals surface area contributed by atoms with Crippen LogP contribution in [0.25, 0.3) is 11.0 Å². The van der Waals surface area contributed by atoms with E-state index in [1.165, 1.54) is 0 Å². The van der Waals surface area contributed by atoms with Crippen molar-refractivity contribution in [1.29, 1.82) is 0 Å². The fourth-order valence-corrected chi connectivity index (χ4v) is 1.23. The van der Waals surface area contributed by atoms with Crippen molar-refractivity contribution < 1.29 is 0 Å². The van der Waals surface area contributed by atoms with E-state index in [9.17, 15) is 0 Å². The molecule has 3 rings (SSSR count). The van der Waals surface area contributed by atoms with E-state index >= 15 is 0 Å².